The number of hydrogen-bond donors (Lipinski definition) is 2. The van der Waals surface area contributed by atoms with Gasteiger partial charge in [0.25, 0.3) is 0 Å². The molecule has 0 bridgehead atoms. The van der Waals surface area contributed by atoms with Crippen molar-refractivity contribution < 1.29 is 9.90 Å². The van der Waals surface area contributed by atoms with Crippen LogP contribution >= 0.6 is 0 Å². The summed E-state index contributed by atoms with van der Waals surface area (Å²) in [6, 6.07) is 3.70. The quantitative estimate of drug-likeness (QED) is 0.844. The second-order valence-electron chi connectivity index (χ2n) is 6.71. The molecular weight excluding hydrogens is 308 g/mol. The van der Waals surface area contributed by atoms with Crippen molar-refractivity contribution in [2.24, 2.45) is 0 Å². The van der Waals surface area contributed by atoms with Crippen molar-refractivity contribution in [3.05, 3.63) is 18.0 Å². The van der Waals surface area contributed by atoms with Gasteiger partial charge in [-0.1, -0.05) is 19.3 Å². The molecule has 1 aliphatic rings. The molecule has 2 N–H and O–H groups in total. The summed E-state index contributed by atoms with van der Waals surface area (Å²) in [6.07, 6.45) is 4.63. The molecule has 1 aliphatic carbocycles. The van der Waals surface area contributed by atoms with Crippen molar-refractivity contribution >= 4 is 17.4 Å². The van der Waals surface area contributed by atoms with E-state index in [1.807, 2.05) is 31.1 Å². The van der Waals surface area contributed by atoms with E-state index >= 15 is 0 Å². The molecule has 1 fully saturated rings. The fourth-order valence-corrected chi connectivity index (χ4v) is 3.10. The minimum absolute atomic E-state index is 0.139. The number of aromatic nitrogens is 4. The zero-order chi connectivity index (χ0) is 17.2. The van der Waals surface area contributed by atoms with E-state index in [-0.39, 0.29) is 18.9 Å². The van der Waals surface area contributed by atoms with Gasteiger partial charge in [0, 0.05) is 14.1 Å². The summed E-state index contributed by atoms with van der Waals surface area (Å²) in [5, 5.41) is 25.9. The van der Waals surface area contributed by atoms with Gasteiger partial charge < -0.3 is 15.3 Å². The highest BCUT2D eigenvalue weighted by Crippen LogP contribution is 2.30. The Morgan fingerprint density at radius 1 is 1.29 bits per heavy atom. The zero-order valence-electron chi connectivity index (χ0n) is 14.2. The van der Waals surface area contributed by atoms with Crippen LogP contribution in [-0.2, 0) is 11.3 Å². The Kier molecular flexibility index (Phi) is 4.66. The van der Waals surface area contributed by atoms with Crippen LogP contribution in [0.2, 0.25) is 0 Å². The monoisotopic (exact) mass is 332 g/mol. The van der Waals surface area contributed by atoms with Crippen molar-refractivity contribution in [2.45, 2.75) is 50.7 Å². The van der Waals surface area contributed by atoms with Gasteiger partial charge in [-0.2, -0.15) is 4.52 Å². The van der Waals surface area contributed by atoms with Gasteiger partial charge in [-0.3, -0.25) is 4.79 Å². The Balaban J connectivity index is 1.64. The van der Waals surface area contributed by atoms with Crippen LogP contribution in [0.15, 0.2) is 12.1 Å². The lowest BCUT2D eigenvalue weighted by Gasteiger charge is -2.31. The fourth-order valence-electron chi connectivity index (χ4n) is 3.10. The molecule has 1 amide bonds. The number of rotatable bonds is 5. The highest BCUT2D eigenvalue weighted by molar-refractivity contribution is 5.76. The van der Waals surface area contributed by atoms with E-state index in [0.717, 1.165) is 25.1 Å². The van der Waals surface area contributed by atoms with Gasteiger partial charge >= 0.3 is 0 Å². The summed E-state index contributed by atoms with van der Waals surface area (Å²) >= 11 is 0. The number of nitrogens with one attached hydrogen (secondary N) is 1. The van der Waals surface area contributed by atoms with Gasteiger partial charge in [0.2, 0.25) is 5.91 Å². The molecule has 0 saturated heterocycles. The molecule has 2 heterocycles. The van der Waals surface area contributed by atoms with E-state index in [1.165, 1.54) is 0 Å². The topological polar surface area (TPSA) is 95.7 Å². The number of anilines is 1. The molecule has 130 valence electrons. The Labute approximate surface area is 140 Å². The Hall–Kier alpha value is -2.22. The molecule has 0 aliphatic heterocycles. The predicted octanol–water partition coefficient (Wildman–Crippen LogP) is 0.892. The molecule has 0 unspecified atom stereocenters. The van der Waals surface area contributed by atoms with Crippen LogP contribution in [-0.4, -0.2) is 50.5 Å². The summed E-state index contributed by atoms with van der Waals surface area (Å²) in [7, 11) is 3.82. The first kappa shape index (κ1) is 16.6. The molecule has 0 radical (unpaired) electrons. The minimum atomic E-state index is -0.856. The number of aliphatic hydroxyl groups is 1. The van der Waals surface area contributed by atoms with Crippen molar-refractivity contribution in [3.8, 4) is 0 Å². The number of carbonyl (C=O) groups excluding carboxylic acids is 1. The lowest BCUT2D eigenvalue weighted by atomic mass is 9.82. The largest absolute Gasteiger partial charge is 0.389 e. The van der Waals surface area contributed by atoms with E-state index in [4.69, 9.17) is 0 Å². The van der Waals surface area contributed by atoms with Crippen LogP contribution < -0.4 is 10.2 Å². The van der Waals surface area contributed by atoms with Crippen LogP contribution in [0.5, 0.6) is 0 Å². The summed E-state index contributed by atoms with van der Waals surface area (Å²) in [6.45, 7) is 0.236. The first-order chi connectivity index (χ1) is 11.5. The molecule has 24 heavy (non-hydrogen) atoms. The molecular formula is C16H24N6O2. The molecule has 0 aromatic carbocycles. The number of amides is 1. The number of carbonyl (C=O) groups is 1. The predicted molar refractivity (Wildman–Crippen MR) is 89.6 cm³/mol. The maximum Gasteiger partial charge on any atom is 0.223 e. The van der Waals surface area contributed by atoms with E-state index < -0.39 is 5.60 Å². The molecule has 0 spiro atoms. The van der Waals surface area contributed by atoms with E-state index in [0.29, 0.717) is 24.3 Å². The minimum Gasteiger partial charge on any atom is -0.389 e. The van der Waals surface area contributed by atoms with Crippen molar-refractivity contribution in [2.75, 3.05) is 19.0 Å². The standard InChI is InChI=1S/C16H24N6O2/c1-21(2)13-7-6-12-18-19-14(22(12)20-13)11-17-15(23)10-16(24)8-4-3-5-9-16/h6-7,24H,3-5,8-11H2,1-2H3,(H,17,23). The molecule has 8 nitrogen and oxygen atoms in total. The van der Waals surface area contributed by atoms with Gasteiger partial charge in [-0.25, -0.2) is 0 Å². The van der Waals surface area contributed by atoms with Crippen LogP contribution in [0.1, 0.15) is 44.3 Å². The average Bonchev–Trinajstić information content (AvgIpc) is 2.95. The maximum atomic E-state index is 12.2. The van der Waals surface area contributed by atoms with E-state index in [1.54, 1.807) is 4.52 Å². The molecule has 1 saturated carbocycles. The van der Waals surface area contributed by atoms with Crippen molar-refractivity contribution in [3.63, 3.8) is 0 Å². The average molecular weight is 332 g/mol. The smallest absolute Gasteiger partial charge is 0.223 e. The summed E-state index contributed by atoms with van der Waals surface area (Å²) < 4.78 is 1.63. The lowest BCUT2D eigenvalue weighted by molar-refractivity contribution is -0.127. The van der Waals surface area contributed by atoms with Gasteiger partial charge in [0.05, 0.1) is 18.6 Å². The Morgan fingerprint density at radius 2 is 2.04 bits per heavy atom. The summed E-state index contributed by atoms with van der Waals surface area (Å²) in [5.41, 5.74) is -0.221. The zero-order valence-corrected chi connectivity index (χ0v) is 14.2. The lowest BCUT2D eigenvalue weighted by Crippen LogP contribution is -2.38. The molecule has 0 atom stereocenters. The highest BCUT2D eigenvalue weighted by Gasteiger charge is 2.31. The molecule has 8 heteroatoms. The third-order valence-electron chi connectivity index (χ3n) is 4.49. The van der Waals surface area contributed by atoms with Gasteiger partial charge in [-0.05, 0) is 25.0 Å². The third kappa shape index (κ3) is 3.64. The second-order valence-corrected chi connectivity index (χ2v) is 6.71. The first-order valence-corrected chi connectivity index (χ1v) is 8.35. The normalized spacial score (nSPS) is 17.0. The first-order valence-electron chi connectivity index (χ1n) is 8.35. The van der Waals surface area contributed by atoms with E-state index in [2.05, 4.69) is 20.6 Å². The van der Waals surface area contributed by atoms with Crippen LogP contribution in [0.25, 0.3) is 5.65 Å². The third-order valence-corrected chi connectivity index (χ3v) is 4.49. The Morgan fingerprint density at radius 3 is 2.75 bits per heavy atom. The molecule has 2 aromatic heterocycles. The van der Waals surface area contributed by atoms with Gasteiger partial charge in [0.1, 0.15) is 5.82 Å². The highest BCUT2D eigenvalue weighted by atomic mass is 16.3. The molecule has 2 aromatic rings. The maximum absolute atomic E-state index is 12.2. The van der Waals surface area contributed by atoms with Gasteiger partial charge in [-0.15, -0.1) is 15.3 Å². The van der Waals surface area contributed by atoms with Gasteiger partial charge in [0.15, 0.2) is 11.5 Å². The second kappa shape index (κ2) is 6.72. The van der Waals surface area contributed by atoms with Crippen molar-refractivity contribution in [1.29, 1.82) is 0 Å². The Bertz CT molecular complexity index is 720. The number of hydrogen-bond acceptors (Lipinski definition) is 6. The van der Waals surface area contributed by atoms with Crippen LogP contribution in [0, 0.1) is 0 Å². The fraction of sp³-hybridized carbons (Fsp3) is 0.625. The summed E-state index contributed by atoms with van der Waals surface area (Å²) in [5.74, 6) is 1.18. The summed E-state index contributed by atoms with van der Waals surface area (Å²) in [4.78, 5) is 14.1. The van der Waals surface area contributed by atoms with Crippen LogP contribution in [0.4, 0.5) is 5.82 Å². The SMILES string of the molecule is CN(C)c1ccc2nnc(CNC(=O)CC3(O)CCCCC3)n2n1. The van der Waals surface area contributed by atoms with Crippen molar-refractivity contribution in [1.82, 2.24) is 25.1 Å². The number of fused-ring (bicyclic) bond motifs is 1. The number of nitrogens with zero attached hydrogens (tertiary/aromatic N) is 5. The van der Waals surface area contributed by atoms with Crippen LogP contribution in [0.3, 0.4) is 0 Å². The van der Waals surface area contributed by atoms with E-state index in [9.17, 15) is 9.90 Å². The molecule has 3 rings (SSSR count).